The van der Waals surface area contributed by atoms with Gasteiger partial charge >= 0.3 is 5.97 Å². The molecule has 2 atom stereocenters. The van der Waals surface area contributed by atoms with Crippen LogP contribution in [-0.2, 0) is 17.6 Å². The smallest absolute Gasteiger partial charge is 0.308 e. The Hall–Kier alpha value is -2.09. The average Bonchev–Trinajstić information content (AvgIpc) is 3.02. The maximum absolute atomic E-state index is 11.2. The van der Waals surface area contributed by atoms with Gasteiger partial charge in [-0.3, -0.25) is 4.79 Å². The second kappa shape index (κ2) is 4.78. The first-order chi connectivity index (χ1) is 9.60. The molecule has 5 nitrogen and oxygen atoms in total. The molecule has 0 amide bonds. The van der Waals surface area contributed by atoms with Crippen LogP contribution < -0.4 is 4.90 Å². The topological polar surface area (TPSA) is 77.2 Å². The number of nitrogens with zero attached hydrogens (tertiary/aromatic N) is 3. The zero-order valence-corrected chi connectivity index (χ0v) is 11.5. The first kappa shape index (κ1) is 12.9. The van der Waals surface area contributed by atoms with Gasteiger partial charge in [0.05, 0.1) is 11.5 Å². The van der Waals surface area contributed by atoms with E-state index in [9.17, 15) is 15.2 Å². The molecule has 1 aliphatic heterocycles. The zero-order valence-electron chi connectivity index (χ0n) is 11.5. The summed E-state index contributed by atoms with van der Waals surface area (Å²) in [5.41, 5.74) is 2.82. The van der Waals surface area contributed by atoms with Gasteiger partial charge in [-0.05, 0) is 36.8 Å². The number of aromatic nitrogens is 1. The van der Waals surface area contributed by atoms with Crippen LogP contribution in [0.5, 0.6) is 0 Å². The third kappa shape index (κ3) is 2.01. The van der Waals surface area contributed by atoms with Gasteiger partial charge in [0.15, 0.2) is 0 Å². The molecule has 3 rings (SSSR count). The lowest BCUT2D eigenvalue weighted by molar-refractivity contribution is -0.142. The molecule has 1 fully saturated rings. The van der Waals surface area contributed by atoms with E-state index in [1.807, 2.05) is 17.9 Å². The highest BCUT2D eigenvalue weighted by atomic mass is 16.4. The lowest BCUT2D eigenvalue weighted by atomic mass is 9.99. The highest BCUT2D eigenvalue weighted by Crippen LogP contribution is 2.32. The number of carboxylic acid groups (broad SMARTS) is 1. The van der Waals surface area contributed by atoms with Gasteiger partial charge in [-0.1, -0.05) is 6.92 Å². The molecule has 2 aliphatic rings. The van der Waals surface area contributed by atoms with Crippen LogP contribution in [0.1, 0.15) is 30.2 Å². The fourth-order valence-corrected chi connectivity index (χ4v) is 3.25. The minimum Gasteiger partial charge on any atom is -0.481 e. The third-order valence-electron chi connectivity index (χ3n) is 4.38. The summed E-state index contributed by atoms with van der Waals surface area (Å²) in [6.45, 7) is 3.03. The van der Waals surface area contributed by atoms with E-state index in [-0.39, 0.29) is 11.8 Å². The molecule has 0 bridgehead atoms. The highest BCUT2D eigenvalue weighted by molar-refractivity contribution is 5.73. The molecule has 0 aromatic carbocycles. The number of hydrogen-bond donors (Lipinski definition) is 1. The Morgan fingerprint density at radius 2 is 2.30 bits per heavy atom. The maximum Gasteiger partial charge on any atom is 0.308 e. The van der Waals surface area contributed by atoms with Crippen LogP contribution in [0.15, 0.2) is 6.07 Å². The Bertz CT molecular complexity index is 606. The van der Waals surface area contributed by atoms with Gasteiger partial charge in [-0.2, -0.15) is 5.26 Å². The minimum absolute atomic E-state index is 0.0779. The molecule has 1 aromatic rings. The Kier molecular flexibility index (Phi) is 3.09. The van der Waals surface area contributed by atoms with Gasteiger partial charge < -0.3 is 10.0 Å². The predicted molar refractivity (Wildman–Crippen MR) is 73.5 cm³/mol. The summed E-state index contributed by atoms with van der Waals surface area (Å²) in [4.78, 5) is 17.8. The summed E-state index contributed by atoms with van der Waals surface area (Å²) >= 11 is 0. The molecule has 1 N–H and O–H groups in total. The Morgan fingerprint density at radius 1 is 1.50 bits per heavy atom. The summed E-state index contributed by atoms with van der Waals surface area (Å²) in [5.74, 6) is -0.394. The van der Waals surface area contributed by atoms with Crippen LogP contribution in [0.2, 0.25) is 0 Å². The van der Waals surface area contributed by atoms with Crippen molar-refractivity contribution in [3.8, 4) is 6.07 Å². The van der Waals surface area contributed by atoms with Crippen molar-refractivity contribution in [3.05, 3.63) is 22.9 Å². The first-order valence-electron chi connectivity index (χ1n) is 7.00. The number of nitriles is 1. The van der Waals surface area contributed by atoms with Gasteiger partial charge in [0, 0.05) is 18.8 Å². The molecular formula is C15H17N3O2. The molecule has 1 saturated heterocycles. The van der Waals surface area contributed by atoms with E-state index < -0.39 is 5.97 Å². The third-order valence-corrected chi connectivity index (χ3v) is 4.38. The van der Waals surface area contributed by atoms with E-state index in [1.54, 1.807) is 0 Å². The molecule has 0 radical (unpaired) electrons. The van der Waals surface area contributed by atoms with Gasteiger partial charge in [-0.25, -0.2) is 4.98 Å². The van der Waals surface area contributed by atoms with Gasteiger partial charge in [0.25, 0.3) is 0 Å². The number of carboxylic acids is 1. The second-order valence-electron chi connectivity index (χ2n) is 5.76. The molecule has 1 aromatic heterocycles. The van der Waals surface area contributed by atoms with Gasteiger partial charge in [0.2, 0.25) is 0 Å². The van der Waals surface area contributed by atoms with E-state index in [4.69, 9.17) is 0 Å². The average molecular weight is 271 g/mol. The number of fused-ring (bicyclic) bond motifs is 1. The second-order valence-corrected chi connectivity index (χ2v) is 5.76. The summed E-state index contributed by atoms with van der Waals surface area (Å²) < 4.78 is 0. The Balaban J connectivity index is 1.95. The molecule has 0 saturated carbocycles. The number of aryl methyl sites for hydroxylation is 2. The molecule has 5 heteroatoms. The number of carbonyl (C=O) groups is 1. The van der Waals surface area contributed by atoms with E-state index in [0.29, 0.717) is 24.5 Å². The highest BCUT2D eigenvalue weighted by Gasteiger charge is 2.36. The van der Waals surface area contributed by atoms with Crippen molar-refractivity contribution in [2.75, 3.05) is 18.0 Å². The number of rotatable bonds is 2. The van der Waals surface area contributed by atoms with Crippen molar-refractivity contribution < 1.29 is 9.90 Å². The number of anilines is 1. The Morgan fingerprint density at radius 3 is 2.95 bits per heavy atom. The molecule has 2 heterocycles. The van der Waals surface area contributed by atoms with Crippen LogP contribution in [0.3, 0.4) is 0 Å². The van der Waals surface area contributed by atoms with Crippen LogP contribution in [0, 0.1) is 23.2 Å². The molecule has 104 valence electrons. The number of aliphatic carboxylic acids is 1. The van der Waals surface area contributed by atoms with Crippen molar-refractivity contribution in [2.45, 2.75) is 26.2 Å². The van der Waals surface area contributed by atoms with Gasteiger partial charge in [0.1, 0.15) is 11.9 Å². The van der Waals surface area contributed by atoms with E-state index in [1.165, 1.54) is 5.56 Å². The minimum atomic E-state index is -0.764. The molecular weight excluding hydrogens is 254 g/mol. The van der Waals surface area contributed by atoms with Crippen molar-refractivity contribution in [3.63, 3.8) is 0 Å². The molecule has 20 heavy (non-hydrogen) atoms. The summed E-state index contributed by atoms with van der Waals surface area (Å²) in [7, 11) is 0. The lowest BCUT2D eigenvalue weighted by Gasteiger charge is -2.19. The lowest BCUT2D eigenvalue weighted by Crippen LogP contribution is -2.24. The summed E-state index contributed by atoms with van der Waals surface area (Å²) in [6.07, 6.45) is 3.04. The molecule has 1 aliphatic carbocycles. The van der Waals surface area contributed by atoms with Crippen LogP contribution in [0.25, 0.3) is 0 Å². The van der Waals surface area contributed by atoms with Crippen molar-refractivity contribution in [1.82, 2.24) is 4.98 Å². The largest absolute Gasteiger partial charge is 0.481 e. The van der Waals surface area contributed by atoms with E-state index in [2.05, 4.69) is 11.1 Å². The maximum atomic E-state index is 11.2. The van der Waals surface area contributed by atoms with E-state index in [0.717, 1.165) is 25.0 Å². The standard InChI is InChI=1S/C15H17N3O2/c1-9-7-18(8-12(9)15(19)20)14-11(6-16)5-10-3-2-4-13(10)17-14/h5,9,12H,2-4,7-8H2,1H3,(H,19,20). The fraction of sp³-hybridized carbons (Fsp3) is 0.533. The predicted octanol–water partition coefficient (Wildman–Crippen LogP) is 1.60. The van der Waals surface area contributed by atoms with Gasteiger partial charge in [-0.15, -0.1) is 0 Å². The van der Waals surface area contributed by atoms with Crippen LogP contribution >= 0.6 is 0 Å². The Labute approximate surface area is 117 Å². The molecule has 0 spiro atoms. The van der Waals surface area contributed by atoms with Crippen molar-refractivity contribution in [2.24, 2.45) is 11.8 Å². The summed E-state index contributed by atoms with van der Waals surface area (Å²) in [6, 6.07) is 4.14. The monoisotopic (exact) mass is 271 g/mol. The number of pyridine rings is 1. The van der Waals surface area contributed by atoms with Crippen LogP contribution in [0.4, 0.5) is 5.82 Å². The number of hydrogen-bond acceptors (Lipinski definition) is 4. The SMILES string of the molecule is CC1CN(c2nc3c(cc2C#N)CCC3)CC1C(=O)O. The molecule has 2 unspecified atom stereocenters. The summed E-state index contributed by atoms with van der Waals surface area (Å²) in [5, 5.41) is 18.5. The van der Waals surface area contributed by atoms with Crippen molar-refractivity contribution in [1.29, 1.82) is 5.26 Å². The quantitative estimate of drug-likeness (QED) is 0.884. The fourth-order valence-electron chi connectivity index (χ4n) is 3.25. The first-order valence-corrected chi connectivity index (χ1v) is 7.00. The van der Waals surface area contributed by atoms with Crippen molar-refractivity contribution >= 4 is 11.8 Å². The normalized spacial score (nSPS) is 24.5. The van der Waals surface area contributed by atoms with Crippen LogP contribution in [-0.4, -0.2) is 29.1 Å². The van der Waals surface area contributed by atoms with E-state index >= 15 is 0 Å². The zero-order chi connectivity index (χ0) is 14.3.